The van der Waals surface area contributed by atoms with Crippen molar-refractivity contribution in [2.75, 3.05) is 13.2 Å². The maximum Gasteiger partial charge on any atom is 0.243 e. The fourth-order valence-corrected chi connectivity index (χ4v) is 1.96. The maximum absolute atomic E-state index is 11.5. The Hall–Kier alpha value is -0.920. The summed E-state index contributed by atoms with van der Waals surface area (Å²) in [6, 6.07) is 0. The Morgan fingerprint density at radius 2 is 2.36 bits per heavy atom. The molecule has 0 saturated heterocycles. The topological polar surface area (TPSA) is 84.2 Å². The van der Waals surface area contributed by atoms with Crippen LogP contribution in [0.4, 0.5) is 0 Å². The van der Waals surface area contributed by atoms with Gasteiger partial charge in [0.1, 0.15) is 4.90 Å². The SMILES string of the molecule is Cn1cc(S(=O)(=O)NCCCO)cn1. The zero-order valence-electron chi connectivity index (χ0n) is 7.84. The lowest BCUT2D eigenvalue weighted by atomic mass is 10.5. The third-order valence-corrected chi connectivity index (χ3v) is 3.03. The molecule has 0 aliphatic rings. The monoisotopic (exact) mass is 219 g/mol. The minimum absolute atomic E-state index is 0.0322. The predicted octanol–water partition coefficient (Wildman–Crippen LogP) is -0.919. The molecular weight excluding hydrogens is 206 g/mol. The molecular formula is C7H13N3O3S. The number of aryl methyl sites for hydroxylation is 1. The molecule has 2 N–H and O–H groups in total. The summed E-state index contributed by atoms with van der Waals surface area (Å²) in [6.45, 7) is 0.198. The number of hydrogen-bond acceptors (Lipinski definition) is 4. The van der Waals surface area contributed by atoms with Crippen LogP contribution in [0.1, 0.15) is 6.42 Å². The number of aliphatic hydroxyl groups is 1. The minimum atomic E-state index is -3.46. The Bertz CT molecular complexity index is 385. The van der Waals surface area contributed by atoms with Crippen molar-refractivity contribution in [1.82, 2.24) is 14.5 Å². The van der Waals surface area contributed by atoms with Crippen LogP contribution in [0.2, 0.25) is 0 Å². The van der Waals surface area contributed by atoms with Gasteiger partial charge in [-0.3, -0.25) is 4.68 Å². The molecule has 0 saturated carbocycles. The van der Waals surface area contributed by atoms with E-state index < -0.39 is 10.0 Å². The molecule has 0 atom stereocenters. The van der Waals surface area contributed by atoms with Gasteiger partial charge in [-0.25, -0.2) is 13.1 Å². The summed E-state index contributed by atoms with van der Waals surface area (Å²) in [7, 11) is -1.81. The molecule has 7 heteroatoms. The normalized spacial score (nSPS) is 11.9. The molecule has 0 fully saturated rings. The van der Waals surface area contributed by atoms with Crippen molar-refractivity contribution in [1.29, 1.82) is 0 Å². The van der Waals surface area contributed by atoms with Gasteiger partial charge in [-0.1, -0.05) is 0 Å². The fraction of sp³-hybridized carbons (Fsp3) is 0.571. The molecule has 80 valence electrons. The largest absolute Gasteiger partial charge is 0.396 e. The number of rotatable bonds is 5. The molecule has 0 aromatic carbocycles. The first kappa shape index (κ1) is 11.2. The van der Waals surface area contributed by atoms with Crippen molar-refractivity contribution in [3.05, 3.63) is 12.4 Å². The third kappa shape index (κ3) is 2.79. The van der Waals surface area contributed by atoms with Crippen LogP contribution in [-0.4, -0.2) is 36.5 Å². The number of aliphatic hydroxyl groups excluding tert-OH is 1. The lowest BCUT2D eigenvalue weighted by Crippen LogP contribution is -2.25. The van der Waals surface area contributed by atoms with Gasteiger partial charge in [-0.05, 0) is 6.42 Å². The van der Waals surface area contributed by atoms with Gasteiger partial charge < -0.3 is 5.11 Å². The molecule has 1 aromatic heterocycles. The Morgan fingerprint density at radius 1 is 1.64 bits per heavy atom. The first-order chi connectivity index (χ1) is 6.56. The van der Waals surface area contributed by atoms with Crippen LogP contribution in [-0.2, 0) is 17.1 Å². The van der Waals surface area contributed by atoms with Crippen molar-refractivity contribution in [2.45, 2.75) is 11.3 Å². The summed E-state index contributed by atoms with van der Waals surface area (Å²) >= 11 is 0. The highest BCUT2D eigenvalue weighted by atomic mass is 32.2. The Balaban J connectivity index is 2.66. The van der Waals surface area contributed by atoms with Gasteiger partial charge in [-0.15, -0.1) is 0 Å². The van der Waals surface area contributed by atoms with Gasteiger partial charge in [0.05, 0.1) is 6.20 Å². The lowest BCUT2D eigenvalue weighted by Gasteiger charge is -2.02. The number of nitrogens with zero attached hydrogens (tertiary/aromatic N) is 2. The number of nitrogens with one attached hydrogen (secondary N) is 1. The Kier molecular flexibility index (Phi) is 3.62. The summed E-state index contributed by atoms with van der Waals surface area (Å²) in [5, 5.41) is 12.2. The molecule has 14 heavy (non-hydrogen) atoms. The molecule has 1 heterocycles. The van der Waals surface area contributed by atoms with Gasteiger partial charge in [0.15, 0.2) is 0 Å². The fourth-order valence-electron chi connectivity index (χ4n) is 0.906. The third-order valence-electron chi connectivity index (χ3n) is 1.62. The molecule has 0 bridgehead atoms. The van der Waals surface area contributed by atoms with E-state index in [1.54, 1.807) is 7.05 Å². The summed E-state index contributed by atoms with van der Waals surface area (Å²) in [5.74, 6) is 0. The van der Waals surface area contributed by atoms with Crippen molar-refractivity contribution >= 4 is 10.0 Å². The predicted molar refractivity (Wildman–Crippen MR) is 50.1 cm³/mol. The first-order valence-corrected chi connectivity index (χ1v) is 5.64. The van der Waals surface area contributed by atoms with Crippen LogP contribution in [0.3, 0.4) is 0 Å². The van der Waals surface area contributed by atoms with Gasteiger partial charge in [0, 0.05) is 26.4 Å². The summed E-state index contributed by atoms with van der Waals surface area (Å²) in [6.07, 6.45) is 3.10. The van der Waals surface area contributed by atoms with E-state index >= 15 is 0 Å². The number of hydrogen-bond donors (Lipinski definition) is 2. The average molecular weight is 219 g/mol. The Morgan fingerprint density at radius 3 is 2.86 bits per heavy atom. The van der Waals surface area contributed by atoms with Gasteiger partial charge in [0.2, 0.25) is 10.0 Å². The van der Waals surface area contributed by atoms with Crippen LogP contribution in [0.5, 0.6) is 0 Å². The molecule has 0 unspecified atom stereocenters. The van der Waals surface area contributed by atoms with E-state index in [4.69, 9.17) is 5.11 Å². The first-order valence-electron chi connectivity index (χ1n) is 4.15. The molecule has 0 amide bonds. The highest BCUT2D eigenvalue weighted by Gasteiger charge is 2.14. The van der Waals surface area contributed by atoms with Crippen LogP contribution in [0.15, 0.2) is 17.3 Å². The second-order valence-electron chi connectivity index (χ2n) is 2.82. The van der Waals surface area contributed by atoms with Crippen LogP contribution in [0, 0.1) is 0 Å². The molecule has 6 nitrogen and oxygen atoms in total. The van der Waals surface area contributed by atoms with Gasteiger partial charge in [-0.2, -0.15) is 5.10 Å². The molecule has 0 aliphatic heterocycles. The molecule has 0 aliphatic carbocycles. The average Bonchev–Trinajstić information content (AvgIpc) is 2.53. The van der Waals surface area contributed by atoms with Crippen LogP contribution in [0.25, 0.3) is 0 Å². The summed E-state index contributed by atoms with van der Waals surface area (Å²) in [5.41, 5.74) is 0. The zero-order valence-corrected chi connectivity index (χ0v) is 8.66. The van der Waals surface area contributed by atoms with Crippen molar-refractivity contribution in [3.8, 4) is 0 Å². The highest BCUT2D eigenvalue weighted by Crippen LogP contribution is 2.05. The zero-order chi connectivity index (χ0) is 10.6. The van der Waals surface area contributed by atoms with Crippen LogP contribution < -0.4 is 4.72 Å². The Labute approximate surface area is 82.6 Å². The smallest absolute Gasteiger partial charge is 0.243 e. The highest BCUT2D eigenvalue weighted by molar-refractivity contribution is 7.89. The van der Waals surface area contributed by atoms with Crippen molar-refractivity contribution in [3.63, 3.8) is 0 Å². The second kappa shape index (κ2) is 4.54. The van der Waals surface area contributed by atoms with E-state index in [1.165, 1.54) is 17.1 Å². The minimum Gasteiger partial charge on any atom is -0.396 e. The number of aromatic nitrogens is 2. The van der Waals surface area contributed by atoms with E-state index in [0.29, 0.717) is 6.42 Å². The van der Waals surface area contributed by atoms with Gasteiger partial charge >= 0.3 is 0 Å². The summed E-state index contributed by atoms with van der Waals surface area (Å²) in [4.78, 5) is 0.137. The van der Waals surface area contributed by atoms with Crippen molar-refractivity contribution in [2.24, 2.45) is 7.05 Å². The molecule has 1 aromatic rings. The summed E-state index contributed by atoms with van der Waals surface area (Å²) < 4.78 is 26.7. The van der Waals surface area contributed by atoms with Crippen LogP contribution >= 0.6 is 0 Å². The number of sulfonamides is 1. The van der Waals surface area contributed by atoms with E-state index in [-0.39, 0.29) is 18.0 Å². The molecule has 0 spiro atoms. The van der Waals surface area contributed by atoms with Crippen molar-refractivity contribution < 1.29 is 13.5 Å². The quantitative estimate of drug-likeness (QED) is 0.627. The van der Waals surface area contributed by atoms with E-state index in [0.717, 1.165) is 0 Å². The van der Waals surface area contributed by atoms with E-state index in [1.807, 2.05) is 0 Å². The van der Waals surface area contributed by atoms with E-state index in [2.05, 4.69) is 9.82 Å². The lowest BCUT2D eigenvalue weighted by molar-refractivity contribution is 0.289. The standard InChI is InChI=1S/C7H13N3O3S/c1-10-6-7(5-8-10)14(12,13)9-3-2-4-11/h5-6,9,11H,2-4H2,1H3. The van der Waals surface area contributed by atoms with E-state index in [9.17, 15) is 8.42 Å². The second-order valence-corrected chi connectivity index (χ2v) is 4.59. The molecule has 1 rings (SSSR count). The van der Waals surface area contributed by atoms with Gasteiger partial charge in [0.25, 0.3) is 0 Å². The maximum atomic E-state index is 11.5. The molecule has 0 radical (unpaired) electrons.